The van der Waals surface area contributed by atoms with Crippen LogP contribution in [0.1, 0.15) is 31.0 Å². The highest BCUT2D eigenvalue weighted by Gasteiger charge is 2.23. The van der Waals surface area contributed by atoms with Crippen molar-refractivity contribution in [2.45, 2.75) is 26.3 Å². The number of rotatable bonds is 4. The lowest BCUT2D eigenvalue weighted by Crippen LogP contribution is -2.52. The molecule has 1 saturated heterocycles. The Labute approximate surface area is 148 Å². The molecule has 25 heavy (non-hydrogen) atoms. The van der Waals surface area contributed by atoms with Crippen molar-refractivity contribution >= 4 is 12.0 Å². The minimum Gasteiger partial charge on any atom is -0.337 e. The molecule has 1 atom stereocenters. The summed E-state index contributed by atoms with van der Waals surface area (Å²) in [6.07, 6.45) is 4.51. The molecule has 0 spiro atoms. The number of piperazine rings is 1. The average Bonchev–Trinajstić information content (AvgIpc) is 2.68. The van der Waals surface area contributed by atoms with Crippen LogP contribution < -0.4 is 10.2 Å². The summed E-state index contributed by atoms with van der Waals surface area (Å²) in [5.41, 5.74) is 2.43. The van der Waals surface area contributed by atoms with Crippen LogP contribution in [0.25, 0.3) is 0 Å². The second-order valence-electron chi connectivity index (χ2n) is 6.29. The number of hydrogen-bond donors (Lipinski definition) is 1. The van der Waals surface area contributed by atoms with Crippen molar-refractivity contribution in [2.24, 2.45) is 0 Å². The van der Waals surface area contributed by atoms with Gasteiger partial charge in [-0.3, -0.25) is 0 Å². The molecule has 3 rings (SSSR count). The van der Waals surface area contributed by atoms with E-state index < -0.39 is 0 Å². The molecular weight excluding hydrogens is 314 g/mol. The van der Waals surface area contributed by atoms with E-state index in [4.69, 9.17) is 0 Å². The van der Waals surface area contributed by atoms with Gasteiger partial charge in [0.05, 0.1) is 6.04 Å². The first-order valence-electron chi connectivity index (χ1n) is 8.83. The Bertz CT molecular complexity index is 681. The fraction of sp³-hybridized carbons (Fsp3) is 0.421. The topological polar surface area (TPSA) is 61.4 Å². The predicted molar refractivity (Wildman–Crippen MR) is 98.6 cm³/mol. The Kier molecular flexibility index (Phi) is 5.48. The van der Waals surface area contributed by atoms with Crippen molar-refractivity contribution in [3.05, 3.63) is 53.9 Å². The van der Waals surface area contributed by atoms with Gasteiger partial charge in [-0.1, -0.05) is 31.2 Å². The maximum Gasteiger partial charge on any atom is 0.317 e. The second-order valence-corrected chi connectivity index (χ2v) is 6.29. The van der Waals surface area contributed by atoms with Crippen molar-refractivity contribution < 1.29 is 4.79 Å². The number of urea groups is 1. The van der Waals surface area contributed by atoms with Gasteiger partial charge in [-0.05, 0) is 30.5 Å². The molecule has 0 bridgehead atoms. The fourth-order valence-electron chi connectivity index (χ4n) is 2.97. The molecule has 132 valence electrons. The molecule has 1 aromatic heterocycles. The summed E-state index contributed by atoms with van der Waals surface area (Å²) in [5.74, 6) is 0.729. The molecule has 1 N–H and O–H groups in total. The molecule has 0 aliphatic carbocycles. The molecule has 6 heteroatoms. The number of benzene rings is 1. The van der Waals surface area contributed by atoms with Crippen LogP contribution in [0.3, 0.4) is 0 Å². The Balaban J connectivity index is 1.52. The van der Waals surface area contributed by atoms with E-state index in [2.05, 4.69) is 51.4 Å². The SMILES string of the molecule is CCc1ccc(C(C)NC(=O)N2CCN(c3ncccn3)CC2)cc1. The number of anilines is 1. The lowest BCUT2D eigenvalue weighted by molar-refractivity contribution is 0.191. The molecule has 1 unspecified atom stereocenters. The lowest BCUT2D eigenvalue weighted by atomic mass is 10.1. The molecule has 0 radical (unpaired) electrons. The van der Waals surface area contributed by atoms with Crippen LogP contribution >= 0.6 is 0 Å². The van der Waals surface area contributed by atoms with Gasteiger partial charge in [-0.15, -0.1) is 0 Å². The molecule has 6 nitrogen and oxygen atoms in total. The number of nitrogens with one attached hydrogen (secondary N) is 1. The van der Waals surface area contributed by atoms with Crippen LogP contribution in [0, 0.1) is 0 Å². The van der Waals surface area contributed by atoms with Gasteiger partial charge >= 0.3 is 6.03 Å². The molecule has 2 heterocycles. The molecule has 0 saturated carbocycles. The fourth-order valence-corrected chi connectivity index (χ4v) is 2.97. The maximum absolute atomic E-state index is 12.5. The number of aromatic nitrogens is 2. The minimum absolute atomic E-state index is 0.00566. The van der Waals surface area contributed by atoms with Gasteiger partial charge in [0.15, 0.2) is 0 Å². The molecular formula is C19H25N5O. The monoisotopic (exact) mass is 339 g/mol. The molecule has 1 aromatic carbocycles. The van der Waals surface area contributed by atoms with E-state index in [0.717, 1.165) is 31.0 Å². The van der Waals surface area contributed by atoms with Crippen molar-refractivity contribution in [1.82, 2.24) is 20.2 Å². The Morgan fingerprint density at radius 1 is 1.12 bits per heavy atom. The normalized spacial score (nSPS) is 15.8. The van der Waals surface area contributed by atoms with Gasteiger partial charge in [0, 0.05) is 38.6 Å². The third-order valence-corrected chi connectivity index (χ3v) is 4.63. The summed E-state index contributed by atoms with van der Waals surface area (Å²) < 4.78 is 0. The van der Waals surface area contributed by atoms with Crippen LogP contribution in [0.2, 0.25) is 0 Å². The Hall–Kier alpha value is -2.63. The van der Waals surface area contributed by atoms with Crippen LogP contribution in [0.4, 0.5) is 10.7 Å². The molecule has 1 aliphatic rings. The zero-order chi connectivity index (χ0) is 17.6. The zero-order valence-corrected chi connectivity index (χ0v) is 14.9. The quantitative estimate of drug-likeness (QED) is 0.930. The van der Waals surface area contributed by atoms with E-state index in [1.165, 1.54) is 5.56 Å². The molecule has 2 amide bonds. The van der Waals surface area contributed by atoms with Gasteiger partial charge in [0.25, 0.3) is 0 Å². The number of amides is 2. The average molecular weight is 339 g/mol. The third-order valence-electron chi connectivity index (χ3n) is 4.63. The Morgan fingerprint density at radius 2 is 1.76 bits per heavy atom. The van der Waals surface area contributed by atoms with Crippen LogP contribution in [0.15, 0.2) is 42.7 Å². The van der Waals surface area contributed by atoms with Crippen molar-refractivity contribution in [2.75, 3.05) is 31.1 Å². The van der Waals surface area contributed by atoms with E-state index in [0.29, 0.717) is 13.1 Å². The first kappa shape index (κ1) is 17.2. The van der Waals surface area contributed by atoms with Gasteiger partial charge in [-0.25, -0.2) is 14.8 Å². The van der Waals surface area contributed by atoms with Crippen LogP contribution in [0.5, 0.6) is 0 Å². The first-order chi connectivity index (χ1) is 12.2. The largest absolute Gasteiger partial charge is 0.337 e. The summed E-state index contributed by atoms with van der Waals surface area (Å²) in [6.45, 7) is 7.00. The highest BCUT2D eigenvalue weighted by molar-refractivity contribution is 5.75. The highest BCUT2D eigenvalue weighted by atomic mass is 16.2. The number of carbonyl (C=O) groups excluding carboxylic acids is 1. The van der Waals surface area contributed by atoms with E-state index in [1.54, 1.807) is 12.4 Å². The summed E-state index contributed by atoms with van der Waals surface area (Å²) in [4.78, 5) is 25.0. The summed E-state index contributed by atoms with van der Waals surface area (Å²) in [7, 11) is 0. The van der Waals surface area contributed by atoms with Crippen LogP contribution in [-0.4, -0.2) is 47.1 Å². The van der Waals surface area contributed by atoms with Gasteiger partial charge in [0.1, 0.15) is 0 Å². The smallest absolute Gasteiger partial charge is 0.317 e. The van der Waals surface area contributed by atoms with Gasteiger partial charge in [0.2, 0.25) is 5.95 Å². The Morgan fingerprint density at radius 3 is 2.36 bits per heavy atom. The summed E-state index contributed by atoms with van der Waals surface area (Å²) in [5, 5.41) is 3.10. The standard InChI is InChI=1S/C19H25N5O/c1-3-16-5-7-17(8-6-16)15(2)22-19(25)24-13-11-23(12-14-24)18-20-9-4-10-21-18/h4-10,15H,3,11-14H2,1-2H3,(H,22,25). The first-order valence-corrected chi connectivity index (χ1v) is 8.83. The zero-order valence-electron chi connectivity index (χ0n) is 14.9. The van der Waals surface area contributed by atoms with E-state index in [1.807, 2.05) is 17.9 Å². The third kappa shape index (κ3) is 4.26. The maximum atomic E-state index is 12.5. The van der Waals surface area contributed by atoms with Crippen LogP contribution in [-0.2, 0) is 6.42 Å². The van der Waals surface area contributed by atoms with E-state index in [9.17, 15) is 4.79 Å². The highest BCUT2D eigenvalue weighted by Crippen LogP contribution is 2.15. The van der Waals surface area contributed by atoms with Crippen molar-refractivity contribution in [3.63, 3.8) is 0 Å². The van der Waals surface area contributed by atoms with Gasteiger partial charge < -0.3 is 15.1 Å². The predicted octanol–water partition coefficient (Wildman–Crippen LogP) is 2.63. The van der Waals surface area contributed by atoms with Crippen molar-refractivity contribution in [3.8, 4) is 0 Å². The lowest BCUT2D eigenvalue weighted by Gasteiger charge is -2.35. The molecule has 2 aromatic rings. The minimum atomic E-state index is -0.0132. The number of nitrogens with zero attached hydrogens (tertiary/aromatic N) is 4. The van der Waals surface area contributed by atoms with E-state index in [-0.39, 0.29) is 12.1 Å². The second kappa shape index (κ2) is 7.96. The molecule has 1 aliphatic heterocycles. The van der Waals surface area contributed by atoms with Crippen molar-refractivity contribution in [1.29, 1.82) is 0 Å². The van der Waals surface area contributed by atoms with Gasteiger partial charge in [-0.2, -0.15) is 0 Å². The number of aryl methyl sites for hydroxylation is 1. The number of hydrogen-bond acceptors (Lipinski definition) is 4. The molecule has 1 fully saturated rings. The van der Waals surface area contributed by atoms with E-state index >= 15 is 0 Å². The number of carbonyl (C=O) groups is 1. The summed E-state index contributed by atoms with van der Waals surface area (Å²) >= 11 is 0. The summed E-state index contributed by atoms with van der Waals surface area (Å²) in [6, 6.07) is 10.2.